The Morgan fingerprint density at radius 2 is 2.21 bits per heavy atom. The molecule has 7 nitrogen and oxygen atoms in total. The number of carbonyl (C=O) groups is 2. The maximum Gasteiger partial charge on any atom is 0.357 e. The van der Waals surface area contributed by atoms with Gasteiger partial charge >= 0.3 is 5.97 Å². The van der Waals surface area contributed by atoms with E-state index in [1.54, 1.807) is 13.0 Å². The minimum Gasteiger partial charge on any atom is -0.474 e. The molecule has 2 aliphatic heterocycles. The second-order valence-corrected chi connectivity index (χ2v) is 7.66. The van der Waals surface area contributed by atoms with Gasteiger partial charge in [0.2, 0.25) is 5.88 Å². The minimum atomic E-state index is -0.456. The van der Waals surface area contributed by atoms with Crippen molar-refractivity contribution in [2.24, 2.45) is 11.8 Å². The number of fused-ring (bicyclic) bond motifs is 2. The van der Waals surface area contributed by atoms with Crippen LogP contribution >= 0.6 is 0 Å². The number of rotatable bonds is 5. The van der Waals surface area contributed by atoms with Crippen molar-refractivity contribution in [2.75, 3.05) is 13.2 Å². The SMILES string of the molecule is CCOC(=O)c1ccc2c(n1)O[C@H]1C[C@@H](OC3CCCCO3)[C@H](C=O)[C@H]1CC2. The molecule has 7 heteroatoms. The zero-order valence-corrected chi connectivity index (χ0v) is 16.2. The first kappa shape index (κ1) is 19.3. The lowest BCUT2D eigenvalue weighted by Gasteiger charge is -2.28. The number of aromatic nitrogens is 1. The number of nitrogens with zero attached hydrogens (tertiary/aromatic N) is 1. The Kier molecular flexibility index (Phi) is 5.92. The molecule has 1 aromatic heterocycles. The lowest BCUT2D eigenvalue weighted by molar-refractivity contribution is -0.194. The fourth-order valence-electron chi connectivity index (χ4n) is 4.49. The van der Waals surface area contributed by atoms with Crippen LogP contribution in [-0.2, 0) is 25.4 Å². The molecule has 3 aliphatic rings. The number of carbonyl (C=O) groups excluding carboxylic acids is 2. The highest BCUT2D eigenvalue weighted by Gasteiger charge is 2.47. The van der Waals surface area contributed by atoms with Gasteiger partial charge in [-0.2, -0.15) is 0 Å². The molecule has 152 valence electrons. The summed E-state index contributed by atoms with van der Waals surface area (Å²) in [6, 6.07) is 3.54. The maximum atomic E-state index is 12.0. The molecule has 5 atom stereocenters. The van der Waals surface area contributed by atoms with Crippen molar-refractivity contribution in [2.45, 2.75) is 63.9 Å². The molecule has 1 aromatic rings. The Labute approximate surface area is 164 Å². The summed E-state index contributed by atoms with van der Waals surface area (Å²) in [6.45, 7) is 2.77. The van der Waals surface area contributed by atoms with Gasteiger partial charge in [0.1, 0.15) is 12.4 Å². The molecule has 0 radical (unpaired) electrons. The van der Waals surface area contributed by atoms with Gasteiger partial charge in [0.25, 0.3) is 0 Å². The van der Waals surface area contributed by atoms with Gasteiger partial charge in [-0.15, -0.1) is 0 Å². The van der Waals surface area contributed by atoms with Crippen LogP contribution in [-0.4, -0.2) is 49.0 Å². The van der Waals surface area contributed by atoms with E-state index in [-0.39, 0.29) is 36.0 Å². The van der Waals surface area contributed by atoms with Crippen molar-refractivity contribution in [3.63, 3.8) is 0 Å². The molecular weight excluding hydrogens is 362 g/mol. The zero-order valence-electron chi connectivity index (χ0n) is 16.2. The highest BCUT2D eigenvalue weighted by molar-refractivity contribution is 5.87. The molecule has 1 saturated carbocycles. The summed E-state index contributed by atoms with van der Waals surface area (Å²) < 4.78 is 23.1. The van der Waals surface area contributed by atoms with Crippen LogP contribution in [0.3, 0.4) is 0 Å². The first-order valence-corrected chi connectivity index (χ1v) is 10.3. The van der Waals surface area contributed by atoms with Crippen molar-refractivity contribution in [3.8, 4) is 5.88 Å². The summed E-state index contributed by atoms with van der Waals surface area (Å²) in [7, 11) is 0. The summed E-state index contributed by atoms with van der Waals surface area (Å²) in [5.41, 5.74) is 1.20. The monoisotopic (exact) mass is 389 g/mol. The molecule has 4 rings (SSSR count). The summed E-state index contributed by atoms with van der Waals surface area (Å²) in [5, 5.41) is 0. The summed E-state index contributed by atoms with van der Waals surface area (Å²) >= 11 is 0. The average molecular weight is 389 g/mol. The number of ether oxygens (including phenoxy) is 4. The fourth-order valence-corrected chi connectivity index (χ4v) is 4.49. The van der Waals surface area contributed by atoms with E-state index in [1.165, 1.54) is 0 Å². The Bertz CT molecular complexity index is 717. The summed E-state index contributed by atoms with van der Waals surface area (Å²) in [4.78, 5) is 28.3. The number of aryl methyl sites for hydroxylation is 1. The normalized spacial score (nSPS) is 31.8. The lowest BCUT2D eigenvalue weighted by atomic mass is 9.90. The van der Waals surface area contributed by atoms with Crippen molar-refractivity contribution >= 4 is 12.3 Å². The van der Waals surface area contributed by atoms with Crippen molar-refractivity contribution < 1.29 is 28.5 Å². The van der Waals surface area contributed by atoms with E-state index in [0.29, 0.717) is 25.5 Å². The van der Waals surface area contributed by atoms with Gasteiger partial charge in [0, 0.05) is 30.4 Å². The van der Waals surface area contributed by atoms with E-state index in [1.807, 2.05) is 6.07 Å². The molecule has 1 saturated heterocycles. The standard InChI is InChI=1S/C21H27NO6/c1-2-25-21(24)16-9-7-13-6-8-14-15(12-23)18(11-17(14)28-20(13)22-16)27-19-5-3-4-10-26-19/h7,9,12,14-15,17-19H,2-6,8,10-11H2,1H3/t14-,15-,17+,18-,19?/m1/s1. The van der Waals surface area contributed by atoms with Gasteiger partial charge in [-0.3, -0.25) is 0 Å². The molecule has 0 aromatic carbocycles. The van der Waals surface area contributed by atoms with E-state index < -0.39 is 5.97 Å². The van der Waals surface area contributed by atoms with E-state index >= 15 is 0 Å². The van der Waals surface area contributed by atoms with Gasteiger partial charge in [0.05, 0.1) is 12.7 Å². The van der Waals surface area contributed by atoms with Crippen molar-refractivity contribution in [1.82, 2.24) is 4.98 Å². The third kappa shape index (κ3) is 3.91. The molecular formula is C21H27NO6. The molecule has 0 amide bonds. The summed E-state index contributed by atoms with van der Waals surface area (Å²) in [6.07, 6.45) is 5.63. The maximum absolute atomic E-state index is 12.0. The Morgan fingerprint density at radius 1 is 1.32 bits per heavy atom. The Hall–Kier alpha value is -1.99. The van der Waals surface area contributed by atoms with Crippen LogP contribution in [0.1, 0.15) is 55.1 Å². The van der Waals surface area contributed by atoms with E-state index in [0.717, 1.165) is 44.0 Å². The zero-order chi connectivity index (χ0) is 19.5. The first-order chi connectivity index (χ1) is 13.7. The Balaban J connectivity index is 1.50. The van der Waals surface area contributed by atoms with Crippen LogP contribution < -0.4 is 4.74 Å². The van der Waals surface area contributed by atoms with Crippen LogP contribution in [0.15, 0.2) is 12.1 Å². The lowest BCUT2D eigenvalue weighted by Crippen LogP contribution is -2.32. The number of hydrogen-bond acceptors (Lipinski definition) is 7. The van der Waals surface area contributed by atoms with Crippen LogP contribution in [0.5, 0.6) is 5.88 Å². The predicted octanol–water partition coefficient (Wildman–Crippen LogP) is 2.70. The predicted molar refractivity (Wildman–Crippen MR) is 99.1 cm³/mol. The minimum absolute atomic E-state index is 0.0753. The van der Waals surface area contributed by atoms with Gasteiger partial charge in [-0.05, 0) is 45.1 Å². The Morgan fingerprint density at radius 3 is 2.96 bits per heavy atom. The third-order valence-electron chi connectivity index (χ3n) is 5.92. The molecule has 1 aliphatic carbocycles. The molecule has 1 unspecified atom stereocenters. The quantitative estimate of drug-likeness (QED) is 0.565. The number of aldehydes is 1. The van der Waals surface area contributed by atoms with Crippen LogP contribution in [0.2, 0.25) is 0 Å². The van der Waals surface area contributed by atoms with Crippen LogP contribution in [0, 0.1) is 11.8 Å². The summed E-state index contributed by atoms with van der Waals surface area (Å²) in [5.74, 6) is -0.125. The van der Waals surface area contributed by atoms with Gasteiger partial charge in [-0.1, -0.05) is 6.07 Å². The van der Waals surface area contributed by atoms with Crippen molar-refractivity contribution in [1.29, 1.82) is 0 Å². The highest BCUT2D eigenvalue weighted by Crippen LogP contribution is 2.42. The smallest absolute Gasteiger partial charge is 0.357 e. The average Bonchev–Trinajstić information content (AvgIpc) is 2.92. The van der Waals surface area contributed by atoms with Crippen molar-refractivity contribution in [3.05, 3.63) is 23.4 Å². The third-order valence-corrected chi connectivity index (χ3v) is 5.92. The molecule has 0 bridgehead atoms. The van der Waals surface area contributed by atoms with Gasteiger partial charge in [-0.25, -0.2) is 9.78 Å². The number of esters is 1. The molecule has 28 heavy (non-hydrogen) atoms. The molecule has 0 spiro atoms. The number of hydrogen-bond donors (Lipinski definition) is 0. The largest absolute Gasteiger partial charge is 0.474 e. The highest BCUT2D eigenvalue weighted by atomic mass is 16.7. The fraction of sp³-hybridized carbons (Fsp3) is 0.667. The second-order valence-electron chi connectivity index (χ2n) is 7.66. The van der Waals surface area contributed by atoms with E-state index in [2.05, 4.69) is 4.98 Å². The van der Waals surface area contributed by atoms with Crippen LogP contribution in [0.25, 0.3) is 0 Å². The number of pyridine rings is 1. The van der Waals surface area contributed by atoms with E-state index in [4.69, 9.17) is 18.9 Å². The van der Waals surface area contributed by atoms with E-state index in [9.17, 15) is 9.59 Å². The molecule has 3 heterocycles. The topological polar surface area (TPSA) is 84.0 Å². The van der Waals surface area contributed by atoms with Gasteiger partial charge in [0.15, 0.2) is 12.0 Å². The molecule has 0 N–H and O–H groups in total. The second kappa shape index (κ2) is 8.57. The van der Waals surface area contributed by atoms with Gasteiger partial charge < -0.3 is 23.7 Å². The first-order valence-electron chi connectivity index (χ1n) is 10.3. The molecule has 2 fully saturated rings. The van der Waals surface area contributed by atoms with Crippen LogP contribution in [0.4, 0.5) is 0 Å².